The lowest BCUT2D eigenvalue weighted by Crippen LogP contribution is -2.14. The van der Waals surface area contributed by atoms with E-state index in [1.807, 2.05) is 13.1 Å². The summed E-state index contributed by atoms with van der Waals surface area (Å²) in [6.07, 6.45) is 5.26. The Morgan fingerprint density at radius 3 is 2.50 bits per heavy atom. The van der Waals surface area contributed by atoms with E-state index in [-0.39, 0.29) is 12.3 Å². The van der Waals surface area contributed by atoms with E-state index in [0.29, 0.717) is 39.7 Å². The van der Waals surface area contributed by atoms with Crippen LogP contribution in [0.4, 0.5) is 5.69 Å². The molecule has 2 aromatic heterocycles. The number of rotatable bonds is 8. The number of hydrogen-bond donors (Lipinski definition) is 1. The van der Waals surface area contributed by atoms with Crippen LogP contribution in [0, 0.1) is 0 Å². The number of hydrogen-bond acceptors (Lipinski definition) is 7. The van der Waals surface area contributed by atoms with Gasteiger partial charge in [-0.25, -0.2) is 9.97 Å². The van der Waals surface area contributed by atoms with Crippen molar-refractivity contribution in [2.45, 2.75) is 19.9 Å². The number of aryl methyl sites for hydroxylation is 1. The van der Waals surface area contributed by atoms with Crippen LogP contribution in [0.2, 0.25) is 0 Å². The van der Waals surface area contributed by atoms with Gasteiger partial charge in [-0.1, -0.05) is 0 Å². The number of carbonyl (C=O) groups is 1. The Kier molecular flexibility index (Phi) is 6.16. The molecule has 1 amide bonds. The largest absolute Gasteiger partial charge is 0.493 e. The highest BCUT2D eigenvalue weighted by Crippen LogP contribution is 2.35. The molecule has 0 fully saturated rings. The smallest absolute Gasteiger partial charge is 0.230 e. The number of benzene rings is 2. The Labute approximate surface area is 185 Å². The van der Waals surface area contributed by atoms with Crippen molar-refractivity contribution in [2.75, 3.05) is 19.5 Å². The topological polar surface area (TPSA) is 100 Å². The second kappa shape index (κ2) is 9.34. The molecule has 0 aliphatic carbocycles. The molecule has 0 unspecified atom stereocenters. The first kappa shape index (κ1) is 21.1. The van der Waals surface area contributed by atoms with Crippen LogP contribution in [0.5, 0.6) is 23.1 Å². The molecule has 164 valence electrons. The molecule has 0 spiro atoms. The Balaban J connectivity index is 1.46. The molecule has 0 saturated carbocycles. The highest BCUT2D eigenvalue weighted by atomic mass is 16.5. The molecule has 0 radical (unpaired) electrons. The predicted molar refractivity (Wildman–Crippen MR) is 119 cm³/mol. The molecular weight excluding hydrogens is 410 g/mol. The molecule has 4 rings (SSSR count). The number of amides is 1. The average Bonchev–Trinajstić information content (AvgIpc) is 3.27. The SMILES string of the molecule is CCn1cc(CC(=O)Nc2ccc(Oc3ncnc4cc(OC)c(OC)cc34)cc2)cn1. The maximum absolute atomic E-state index is 12.3. The minimum absolute atomic E-state index is 0.114. The van der Waals surface area contributed by atoms with Crippen molar-refractivity contribution in [3.8, 4) is 23.1 Å². The molecule has 0 saturated heterocycles. The highest BCUT2D eigenvalue weighted by Gasteiger charge is 2.13. The van der Waals surface area contributed by atoms with E-state index in [2.05, 4.69) is 20.4 Å². The van der Waals surface area contributed by atoms with Gasteiger partial charge in [0, 0.05) is 24.5 Å². The molecule has 0 atom stereocenters. The summed E-state index contributed by atoms with van der Waals surface area (Å²) in [6.45, 7) is 2.77. The number of anilines is 1. The Bertz CT molecular complexity index is 1240. The van der Waals surface area contributed by atoms with Crippen LogP contribution in [-0.2, 0) is 17.8 Å². The molecule has 2 aromatic carbocycles. The third-order valence-corrected chi connectivity index (χ3v) is 4.83. The number of ether oxygens (including phenoxy) is 3. The van der Waals surface area contributed by atoms with Crippen molar-refractivity contribution in [3.63, 3.8) is 0 Å². The first-order valence-electron chi connectivity index (χ1n) is 10.1. The number of carbonyl (C=O) groups excluding carboxylic acids is 1. The van der Waals surface area contributed by atoms with Crippen molar-refractivity contribution in [1.82, 2.24) is 19.7 Å². The van der Waals surface area contributed by atoms with E-state index < -0.39 is 0 Å². The second-order valence-electron chi connectivity index (χ2n) is 6.96. The lowest BCUT2D eigenvalue weighted by Gasteiger charge is -2.12. The summed E-state index contributed by atoms with van der Waals surface area (Å²) < 4.78 is 18.5. The first-order valence-corrected chi connectivity index (χ1v) is 10.1. The van der Waals surface area contributed by atoms with Crippen molar-refractivity contribution in [2.24, 2.45) is 0 Å². The first-order chi connectivity index (χ1) is 15.6. The number of methoxy groups -OCH3 is 2. The van der Waals surface area contributed by atoms with E-state index in [9.17, 15) is 4.79 Å². The van der Waals surface area contributed by atoms with Crippen LogP contribution >= 0.6 is 0 Å². The Morgan fingerprint density at radius 1 is 1.06 bits per heavy atom. The lowest BCUT2D eigenvalue weighted by molar-refractivity contribution is -0.115. The van der Waals surface area contributed by atoms with Gasteiger partial charge in [-0.15, -0.1) is 0 Å². The minimum atomic E-state index is -0.114. The van der Waals surface area contributed by atoms with Gasteiger partial charge in [-0.05, 0) is 42.8 Å². The molecule has 0 aliphatic rings. The number of fused-ring (bicyclic) bond motifs is 1. The zero-order chi connectivity index (χ0) is 22.5. The van der Waals surface area contributed by atoms with Crippen molar-refractivity contribution < 1.29 is 19.0 Å². The molecular formula is C23H23N5O4. The Hall–Kier alpha value is -4.14. The van der Waals surface area contributed by atoms with Crippen LogP contribution in [0.3, 0.4) is 0 Å². The minimum Gasteiger partial charge on any atom is -0.493 e. The van der Waals surface area contributed by atoms with Gasteiger partial charge in [0.15, 0.2) is 11.5 Å². The molecule has 0 aliphatic heterocycles. The molecule has 0 bridgehead atoms. The number of nitrogens with one attached hydrogen (secondary N) is 1. The van der Waals surface area contributed by atoms with E-state index in [4.69, 9.17) is 14.2 Å². The summed E-state index contributed by atoms with van der Waals surface area (Å²) in [7, 11) is 3.14. The zero-order valence-corrected chi connectivity index (χ0v) is 18.0. The molecule has 2 heterocycles. The molecule has 9 nitrogen and oxygen atoms in total. The Morgan fingerprint density at radius 2 is 1.81 bits per heavy atom. The molecule has 4 aromatic rings. The van der Waals surface area contributed by atoms with E-state index in [1.54, 1.807) is 61.5 Å². The van der Waals surface area contributed by atoms with Crippen molar-refractivity contribution in [3.05, 3.63) is 60.7 Å². The number of aromatic nitrogens is 4. The van der Waals surface area contributed by atoms with Gasteiger partial charge in [0.05, 0.1) is 37.7 Å². The van der Waals surface area contributed by atoms with Gasteiger partial charge in [-0.3, -0.25) is 9.48 Å². The van der Waals surface area contributed by atoms with Crippen LogP contribution < -0.4 is 19.5 Å². The normalized spacial score (nSPS) is 10.7. The zero-order valence-electron chi connectivity index (χ0n) is 18.0. The average molecular weight is 433 g/mol. The standard InChI is InChI=1S/C23H23N5O4/c1-4-28-13-15(12-26-28)9-22(29)27-16-5-7-17(8-6-16)32-23-18-10-20(30-2)21(31-3)11-19(18)24-14-25-23/h5-8,10-14H,4,9H2,1-3H3,(H,27,29). The van der Waals surface area contributed by atoms with Crippen LogP contribution in [0.15, 0.2) is 55.1 Å². The maximum Gasteiger partial charge on any atom is 0.230 e. The summed E-state index contributed by atoms with van der Waals surface area (Å²) in [5.74, 6) is 1.98. The summed E-state index contributed by atoms with van der Waals surface area (Å²) in [5.41, 5.74) is 2.21. The monoisotopic (exact) mass is 433 g/mol. The van der Waals surface area contributed by atoms with Gasteiger partial charge in [0.1, 0.15) is 12.1 Å². The predicted octanol–water partition coefficient (Wildman–Crippen LogP) is 3.84. The van der Waals surface area contributed by atoms with E-state index >= 15 is 0 Å². The van der Waals surface area contributed by atoms with Gasteiger partial charge in [0.2, 0.25) is 11.8 Å². The number of nitrogens with zero attached hydrogens (tertiary/aromatic N) is 4. The summed E-state index contributed by atoms with van der Waals surface area (Å²) in [4.78, 5) is 20.8. The lowest BCUT2D eigenvalue weighted by atomic mass is 10.2. The van der Waals surface area contributed by atoms with Gasteiger partial charge in [-0.2, -0.15) is 5.10 Å². The van der Waals surface area contributed by atoms with Crippen molar-refractivity contribution in [1.29, 1.82) is 0 Å². The second-order valence-corrected chi connectivity index (χ2v) is 6.96. The molecule has 9 heteroatoms. The van der Waals surface area contributed by atoms with Gasteiger partial charge in [0.25, 0.3) is 0 Å². The van der Waals surface area contributed by atoms with Crippen LogP contribution in [0.1, 0.15) is 12.5 Å². The fraction of sp³-hybridized carbons (Fsp3) is 0.217. The van der Waals surface area contributed by atoms with Gasteiger partial charge >= 0.3 is 0 Å². The molecule has 1 N–H and O–H groups in total. The summed E-state index contributed by atoms with van der Waals surface area (Å²) >= 11 is 0. The summed E-state index contributed by atoms with van der Waals surface area (Å²) in [6, 6.07) is 10.6. The van der Waals surface area contributed by atoms with Crippen molar-refractivity contribution >= 4 is 22.5 Å². The fourth-order valence-corrected chi connectivity index (χ4v) is 3.22. The van der Waals surface area contributed by atoms with Crippen LogP contribution in [0.25, 0.3) is 10.9 Å². The van der Waals surface area contributed by atoms with E-state index in [0.717, 1.165) is 12.1 Å². The highest BCUT2D eigenvalue weighted by molar-refractivity contribution is 5.92. The molecule has 32 heavy (non-hydrogen) atoms. The third-order valence-electron chi connectivity index (χ3n) is 4.83. The van der Waals surface area contributed by atoms with Gasteiger partial charge < -0.3 is 19.5 Å². The van der Waals surface area contributed by atoms with Crippen LogP contribution in [-0.4, -0.2) is 39.9 Å². The third kappa shape index (κ3) is 4.61. The maximum atomic E-state index is 12.3. The fourth-order valence-electron chi connectivity index (χ4n) is 3.22. The quantitative estimate of drug-likeness (QED) is 0.451. The summed E-state index contributed by atoms with van der Waals surface area (Å²) in [5, 5.41) is 7.75. The van der Waals surface area contributed by atoms with E-state index in [1.165, 1.54) is 6.33 Å².